The molecule has 1 amide bonds. The lowest BCUT2D eigenvalue weighted by molar-refractivity contribution is -0.145. The normalized spacial score (nSPS) is 16.5. The average Bonchev–Trinajstić information content (AvgIpc) is 3.38. The molecule has 0 aromatic carbocycles. The molecule has 132 valence electrons. The second kappa shape index (κ2) is 6.59. The van der Waals surface area contributed by atoms with Crippen LogP contribution in [0.3, 0.4) is 0 Å². The van der Waals surface area contributed by atoms with Crippen molar-refractivity contribution in [3.05, 3.63) is 16.3 Å². The van der Waals surface area contributed by atoms with Gasteiger partial charge in [-0.25, -0.2) is 9.97 Å². The number of ether oxygens (including phenoxy) is 1. The van der Waals surface area contributed by atoms with Gasteiger partial charge >= 0.3 is 5.97 Å². The van der Waals surface area contributed by atoms with Gasteiger partial charge in [-0.1, -0.05) is 0 Å². The minimum Gasteiger partial charge on any atom is -0.456 e. The number of amides is 1. The molecule has 8 heteroatoms. The first kappa shape index (κ1) is 16.3. The molecule has 0 aliphatic heterocycles. The van der Waals surface area contributed by atoms with Crippen LogP contribution in [-0.4, -0.2) is 28.4 Å². The Morgan fingerprint density at radius 3 is 2.84 bits per heavy atom. The highest BCUT2D eigenvalue weighted by Crippen LogP contribution is 2.37. The maximum absolute atomic E-state index is 11.8. The van der Waals surface area contributed by atoms with E-state index in [1.165, 1.54) is 23.3 Å². The molecule has 0 atom stereocenters. The monoisotopic (exact) mass is 360 g/mol. The van der Waals surface area contributed by atoms with Crippen LogP contribution in [0.1, 0.15) is 41.9 Å². The quantitative estimate of drug-likeness (QED) is 0.786. The number of nitrogens with one attached hydrogen (secondary N) is 1. The van der Waals surface area contributed by atoms with E-state index in [1.54, 1.807) is 11.3 Å². The van der Waals surface area contributed by atoms with Gasteiger partial charge in [0.25, 0.3) is 0 Å². The average molecular weight is 360 g/mol. The summed E-state index contributed by atoms with van der Waals surface area (Å²) in [5, 5.41) is 3.54. The van der Waals surface area contributed by atoms with Crippen LogP contribution < -0.4 is 11.1 Å². The van der Waals surface area contributed by atoms with Gasteiger partial charge in [0.2, 0.25) is 5.91 Å². The third-order valence-corrected chi connectivity index (χ3v) is 5.79. The minimum atomic E-state index is -0.498. The Kier molecular flexibility index (Phi) is 4.29. The smallest absolute Gasteiger partial charge is 0.325 e. The van der Waals surface area contributed by atoms with Crippen molar-refractivity contribution in [2.45, 2.75) is 45.1 Å². The Bertz CT molecular complexity index is 844. The van der Waals surface area contributed by atoms with Crippen molar-refractivity contribution in [2.24, 2.45) is 5.92 Å². The summed E-state index contributed by atoms with van der Waals surface area (Å²) in [4.78, 5) is 34.3. The first-order chi connectivity index (χ1) is 12.1. The van der Waals surface area contributed by atoms with E-state index in [-0.39, 0.29) is 25.0 Å². The minimum absolute atomic E-state index is 0.0408. The summed E-state index contributed by atoms with van der Waals surface area (Å²) in [5.41, 5.74) is 7.42. The Balaban J connectivity index is 1.41. The molecular weight excluding hydrogens is 340 g/mol. The van der Waals surface area contributed by atoms with Crippen LogP contribution in [0.15, 0.2) is 0 Å². The van der Waals surface area contributed by atoms with Gasteiger partial charge in [-0.15, -0.1) is 11.3 Å². The highest BCUT2D eigenvalue weighted by Gasteiger charge is 2.29. The van der Waals surface area contributed by atoms with Crippen LogP contribution in [0, 0.1) is 5.92 Å². The molecule has 1 saturated carbocycles. The van der Waals surface area contributed by atoms with E-state index >= 15 is 0 Å². The van der Waals surface area contributed by atoms with E-state index in [0.29, 0.717) is 11.6 Å². The number of aryl methyl sites for hydroxylation is 2. The summed E-state index contributed by atoms with van der Waals surface area (Å²) >= 11 is 1.66. The Hall–Kier alpha value is -2.22. The third-order valence-electron chi connectivity index (χ3n) is 4.61. The number of fused-ring (bicyclic) bond motifs is 3. The standard InChI is InChI=1S/C17H20N4O3S/c18-15-14-10-3-1-2-4-11(10)25-17(14)21-12(20-15)8-24-13(22)7-19-16(23)9-5-6-9/h9H,1-8H2,(H,19,23)(H2,18,20,21). The van der Waals surface area contributed by atoms with E-state index in [0.717, 1.165) is 35.9 Å². The molecule has 0 unspecified atom stereocenters. The molecule has 2 aliphatic rings. The van der Waals surface area contributed by atoms with Gasteiger partial charge in [-0.05, 0) is 44.1 Å². The molecule has 0 spiro atoms. The summed E-state index contributed by atoms with van der Waals surface area (Å²) in [7, 11) is 0. The van der Waals surface area contributed by atoms with E-state index in [1.807, 2.05) is 0 Å². The molecule has 0 saturated heterocycles. The molecule has 3 N–H and O–H groups in total. The molecule has 4 rings (SSSR count). The Morgan fingerprint density at radius 2 is 2.04 bits per heavy atom. The topological polar surface area (TPSA) is 107 Å². The van der Waals surface area contributed by atoms with Crippen LogP contribution in [-0.2, 0) is 33.8 Å². The number of hydrogen-bond donors (Lipinski definition) is 2. The molecule has 2 aliphatic carbocycles. The van der Waals surface area contributed by atoms with Gasteiger partial charge in [0.15, 0.2) is 12.4 Å². The zero-order valence-electron chi connectivity index (χ0n) is 13.8. The van der Waals surface area contributed by atoms with Crippen molar-refractivity contribution >= 4 is 39.2 Å². The number of thiophene rings is 1. The number of nitrogen functional groups attached to an aromatic ring is 1. The summed E-state index contributed by atoms with van der Waals surface area (Å²) in [6, 6.07) is 0. The van der Waals surface area contributed by atoms with Gasteiger partial charge in [0, 0.05) is 10.8 Å². The Morgan fingerprint density at radius 1 is 1.24 bits per heavy atom. The number of nitrogens with zero attached hydrogens (tertiary/aromatic N) is 2. The van der Waals surface area contributed by atoms with Crippen molar-refractivity contribution in [3.63, 3.8) is 0 Å². The lowest BCUT2D eigenvalue weighted by Gasteiger charge is -2.11. The van der Waals surface area contributed by atoms with Crippen LogP contribution in [0.2, 0.25) is 0 Å². The molecule has 0 radical (unpaired) electrons. The van der Waals surface area contributed by atoms with Gasteiger partial charge in [-0.2, -0.15) is 0 Å². The third kappa shape index (κ3) is 3.44. The fraction of sp³-hybridized carbons (Fsp3) is 0.529. The van der Waals surface area contributed by atoms with Crippen molar-refractivity contribution in [1.29, 1.82) is 0 Å². The first-order valence-electron chi connectivity index (χ1n) is 8.62. The Labute approximate surface area is 149 Å². The highest BCUT2D eigenvalue weighted by atomic mass is 32.1. The molecule has 2 aromatic rings. The lowest BCUT2D eigenvalue weighted by atomic mass is 9.97. The summed E-state index contributed by atoms with van der Waals surface area (Å²) in [6.07, 6.45) is 6.27. The molecule has 1 fully saturated rings. The number of carbonyl (C=O) groups is 2. The maximum atomic E-state index is 11.8. The van der Waals surface area contributed by atoms with Gasteiger partial charge in [0.05, 0.1) is 5.39 Å². The summed E-state index contributed by atoms with van der Waals surface area (Å²) in [5.74, 6) is 0.343. The van der Waals surface area contributed by atoms with Crippen molar-refractivity contribution in [3.8, 4) is 0 Å². The molecule has 0 bridgehead atoms. The number of nitrogens with two attached hydrogens (primary N) is 1. The SMILES string of the molecule is Nc1nc(COC(=O)CNC(=O)C2CC2)nc2sc3c(c12)CCCC3. The number of hydrogen-bond acceptors (Lipinski definition) is 7. The molecule has 7 nitrogen and oxygen atoms in total. The largest absolute Gasteiger partial charge is 0.456 e. The number of carbonyl (C=O) groups excluding carboxylic acids is 2. The van der Waals surface area contributed by atoms with Gasteiger partial charge in [-0.3, -0.25) is 9.59 Å². The number of anilines is 1. The molecule has 2 aromatic heterocycles. The van der Waals surface area contributed by atoms with Crippen LogP contribution in [0.4, 0.5) is 5.82 Å². The number of rotatable bonds is 5. The lowest BCUT2D eigenvalue weighted by Crippen LogP contribution is -2.31. The van der Waals surface area contributed by atoms with Gasteiger partial charge in [0.1, 0.15) is 17.2 Å². The molecular formula is C17H20N4O3S. The zero-order chi connectivity index (χ0) is 17.4. The highest BCUT2D eigenvalue weighted by molar-refractivity contribution is 7.19. The van der Waals surface area contributed by atoms with Crippen molar-refractivity contribution < 1.29 is 14.3 Å². The predicted molar refractivity (Wildman–Crippen MR) is 94.0 cm³/mol. The predicted octanol–water partition coefficient (Wildman–Crippen LogP) is 1.72. The zero-order valence-corrected chi connectivity index (χ0v) is 14.7. The van der Waals surface area contributed by atoms with Crippen molar-refractivity contribution in [2.75, 3.05) is 12.3 Å². The fourth-order valence-electron chi connectivity index (χ4n) is 3.14. The second-order valence-electron chi connectivity index (χ2n) is 6.57. The van der Waals surface area contributed by atoms with Crippen molar-refractivity contribution in [1.82, 2.24) is 15.3 Å². The van der Waals surface area contributed by atoms with E-state index in [4.69, 9.17) is 10.5 Å². The second-order valence-corrected chi connectivity index (χ2v) is 7.65. The number of aromatic nitrogens is 2. The summed E-state index contributed by atoms with van der Waals surface area (Å²) < 4.78 is 5.16. The van der Waals surface area contributed by atoms with Gasteiger partial charge < -0.3 is 15.8 Å². The first-order valence-corrected chi connectivity index (χ1v) is 9.43. The summed E-state index contributed by atoms with van der Waals surface area (Å²) in [6.45, 7) is -0.165. The fourth-order valence-corrected chi connectivity index (χ4v) is 4.43. The van der Waals surface area contributed by atoms with Crippen LogP contribution in [0.5, 0.6) is 0 Å². The van der Waals surface area contributed by atoms with Crippen LogP contribution in [0.25, 0.3) is 10.2 Å². The van der Waals surface area contributed by atoms with Crippen LogP contribution >= 0.6 is 11.3 Å². The number of esters is 1. The molecule has 25 heavy (non-hydrogen) atoms. The van der Waals surface area contributed by atoms with E-state index in [2.05, 4.69) is 15.3 Å². The van der Waals surface area contributed by atoms with E-state index < -0.39 is 5.97 Å². The van der Waals surface area contributed by atoms with E-state index in [9.17, 15) is 9.59 Å². The maximum Gasteiger partial charge on any atom is 0.325 e. The molecule has 2 heterocycles.